The van der Waals surface area contributed by atoms with E-state index in [0.717, 1.165) is 69.1 Å². The van der Waals surface area contributed by atoms with E-state index in [-0.39, 0.29) is 0 Å². The second-order valence-corrected chi connectivity index (χ2v) is 7.68. The van der Waals surface area contributed by atoms with Crippen molar-refractivity contribution in [1.82, 2.24) is 19.5 Å². The average molecular weight is 338 g/mol. The molecule has 0 fully saturated rings. The van der Waals surface area contributed by atoms with Crippen molar-refractivity contribution < 1.29 is 0 Å². The fourth-order valence-corrected chi connectivity index (χ4v) is 3.92. The first-order chi connectivity index (χ1) is 12.1. The molecular weight excluding hydrogens is 319 g/mol. The van der Waals surface area contributed by atoms with E-state index in [1.54, 1.807) is 0 Å². The quantitative estimate of drug-likeness (QED) is 0.539. The predicted molar refractivity (Wildman–Crippen MR) is 103 cm³/mol. The standard InChI is InChI=1S/C20H19N4.Na/c1-4-18-23-19-13(2)11-14(3)22-20(19)24(18)12-15-7-5-9-17-16(15)8-6-10-21-17;/h5-9,11H,4,12H2,1-3H3;. The zero-order valence-corrected chi connectivity index (χ0v) is 17.2. The summed E-state index contributed by atoms with van der Waals surface area (Å²) < 4.78 is 3.44. The molecule has 0 saturated carbocycles. The fraction of sp³-hybridized carbons (Fsp3) is 0.250. The molecule has 25 heavy (non-hydrogen) atoms. The topological polar surface area (TPSA) is 43.6 Å². The van der Waals surface area contributed by atoms with Gasteiger partial charge in [0.15, 0.2) is 0 Å². The van der Waals surface area contributed by atoms with Crippen LogP contribution in [0.3, 0.4) is 0 Å². The molecule has 120 valence electrons. The molecule has 0 unspecified atom stereocenters. The molecule has 1 aromatic carbocycles. The van der Waals surface area contributed by atoms with E-state index < -0.39 is 0 Å². The van der Waals surface area contributed by atoms with Gasteiger partial charge in [-0.1, -0.05) is 0 Å². The molecule has 3 heterocycles. The van der Waals surface area contributed by atoms with Crippen molar-refractivity contribution in [2.45, 2.75) is 33.7 Å². The normalized spacial score (nSPS) is 11.6. The van der Waals surface area contributed by atoms with E-state index in [0.29, 0.717) is 0 Å². The summed E-state index contributed by atoms with van der Waals surface area (Å²) in [6, 6.07) is 12.8. The van der Waals surface area contributed by atoms with Gasteiger partial charge >= 0.3 is 165 Å². The number of imidazole rings is 1. The molecule has 0 bridgehead atoms. The molecule has 4 nitrogen and oxygen atoms in total. The van der Waals surface area contributed by atoms with Crippen LogP contribution in [0.2, 0.25) is 0 Å². The van der Waals surface area contributed by atoms with Gasteiger partial charge in [-0.05, 0) is 0 Å². The van der Waals surface area contributed by atoms with Crippen molar-refractivity contribution in [1.29, 1.82) is 0 Å². The molecule has 0 atom stereocenters. The predicted octanol–water partition coefficient (Wildman–Crippen LogP) is 3.00. The second kappa shape index (κ2) is 6.52. The van der Waals surface area contributed by atoms with Crippen LogP contribution < -0.4 is 2.94 Å². The Balaban J connectivity index is 1.92. The Morgan fingerprint density at radius 2 is 1.88 bits per heavy atom. The third-order valence-corrected chi connectivity index (χ3v) is 5.26. The Bertz CT molecular complexity index is 1100. The number of hydrogen-bond acceptors (Lipinski definition) is 3. The summed E-state index contributed by atoms with van der Waals surface area (Å²) in [5, 5.41) is 1.22. The van der Waals surface area contributed by atoms with Gasteiger partial charge in [0.1, 0.15) is 0 Å². The van der Waals surface area contributed by atoms with Crippen molar-refractivity contribution in [2.24, 2.45) is 0 Å². The number of nitrogens with zero attached hydrogens (tertiary/aromatic N) is 4. The van der Waals surface area contributed by atoms with E-state index in [9.17, 15) is 0 Å². The average Bonchev–Trinajstić information content (AvgIpc) is 2.93. The van der Waals surface area contributed by atoms with Gasteiger partial charge in [0.25, 0.3) is 0 Å². The molecule has 5 heteroatoms. The van der Waals surface area contributed by atoms with E-state index in [1.165, 1.54) is 19.5 Å². The Morgan fingerprint density at radius 3 is 2.68 bits per heavy atom. The van der Waals surface area contributed by atoms with Gasteiger partial charge in [0.05, 0.1) is 0 Å². The van der Waals surface area contributed by atoms with Gasteiger partial charge in [0.2, 0.25) is 0 Å². The van der Waals surface area contributed by atoms with Crippen LogP contribution in [0.15, 0.2) is 36.4 Å². The summed E-state index contributed by atoms with van der Waals surface area (Å²) in [6.45, 7) is 7.08. The Kier molecular flexibility index (Phi) is 4.36. The van der Waals surface area contributed by atoms with Crippen molar-refractivity contribution in [2.75, 3.05) is 0 Å². The summed E-state index contributed by atoms with van der Waals surface area (Å²) in [4.78, 5) is 14.4. The zero-order chi connectivity index (χ0) is 17.6. The van der Waals surface area contributed by atoms with E-state index >= 15 is 0 Å². The molecule has 3 aromatic heterocycles. The van der Waals surface area contributed by atoms with Crippen LogP contribution in [-0.2, 0) is 13.0 Å². The maximum absolute atomic E-state index is 4.85. The van der Waals surface area contributed by atoms with E-state index in [4.69, 9.17) is 15.0 Å². The number of rotatable bonds is 3. The van der Waals surface area contributed by atoms with Crippen LogP contribution in [0.1, 0.15) is 29.6 Å². The molecule has 0 saturated heterocycles. The zero-order valence-electron chi connectivity index (χ0n) is 15.2. The number of pyridine rings is 2. The number of fused-ring (bicyclic) bond motifs is 2. The monoisotopic (exact) mass is 338 g/mol. The van der Waals surface area contributed by atoms with Gasteiger partial charge in [-0.25, -0.2) is 0 Å². The second-order valence-electron chi connectivity index (χ2n) is 6.66. The molecule has 0 radical (unpaired) electrons. The molecule has 0 aliphatic rings. The summed E-state index contributed by atoms with van der Waals surface area (Å²) in [5.41, 5.74) is 6.57. The van der Waals surface area contributed by atoms with Crippen molar-refractivity contribution >= 4 is 52.9 Å². The fourth-order valence-electron chi connectivity index (χ4n) is 3.51. The van der Waals surface area contributed by atoms with Crippen LogP contribution in [-0.4, -0.2) is 47.4 Å². The summed E-state index contributed by atoms with van der Waals surface area (Å²) in [6.07, 6.45) is 0.891. The minimum atomic E-state index is 0.773. The number of benzene rings is 1. The molecular formula is C20H19N4Na. The summed E-state index contributed by atoms with van der Waals surface area (Å²) in [5.74, 6) is 1.08. The van der Waals surface area contributed by atoms with Crippen LogP contribution in [0.5, 0.6) is 0 Å². The van der Waals surface area contributed by atoms with Crippen LogP contribution in [0, 0.1) is 13.8 Å². The van der Waals surface area contributed by atoms with Crippen molar-refractivity contribution in [3.63, 3.8) is 0 Å². The first kappa shape index (κ1) is 16.7. The van der Waals surface area contributed by atoms with Crippen molar-refractivity contribution in [3.05, 3.63) is 59.0 Å². The first-order valence-electron chi connectivity index (χ1n) is 8.75. The molecule has 0 N–H and O–H groups in total. The van der Waals surface area contributed by atoms with Gasteiger partial charge in [-0.2, -0.15) is 0 Å². The summed E-state index contributed by atoms with van der Waals surface area (Å²) in [7, 11) is 0. The Hall–Kier alpha value is -1.75. The first-order valence-corrected chi connectivity index (χ1v) is 9.75. The molecule has 4 rings (SSSR count). The SMILES string of the molecule is CCc1nc2c(C)cc(C)nc2n1Cc1cccc2n[c]([Na])ccc12. The molecule has 0 spiro atoms. The molecule has 0 amide bonds. The third kappa shape index (κ3) is 2.99. The maximum atomic E-state index is 4.85. The summed E-state index contributed by atoms with van der Waals surface area (Å²) >= 11 is 0.973. The Labute approximate surface area is 164 Å². The minimum absolute atomic E-state index is 0.773. The van der Waals surface area contributed by atoms with Crippen molar-refractivity contribution in [3.8, 4) is 0 Å². The van der Waals surface area contributed by atoms with Gasteiger partial charge in [0, 0.05) is 0 Å². The molecule has 4 aromatic rings. The third-order valence-electron chi connectivity index (χ3n) is 4.71. The van der Waals surface area contributed by atoms with Gasteiger partial charge < -0.3 is 0 Å². The van der Waals surface area contributed by atoms with Crippen LogP contribution in [0.4, 0.5) is 0 Å². The Morgan fingerprint density at radius 1 is 1.04 bits per heavy atom. The van der Waals surface area contributed by atoms with E-state index in [1.807, 2.05) is 6.92 Å². The number of aryl methyl sites for hydroxylation is 3. The number of hydrogen-bond donors (Lipinski definition) is 0. The van der Waals surface area contributed by atoms with E-state index in [2.05, 4.69) is 54.8 Å². The number of aromatic nitrogens is 4. The van der Waals surface area contributed by atoms with Gasteiger partial charge in [-0.15, -0.1) is 0 Å². The van der Waals surface area contributed by atoms with Crippen LogP contribution in [0.25, 0.3) is 22.1 Å². The van der Waals surface area contributed by atoms with Crippen LogP contribution >= 0.6 is 0 Å². The molecule has 0 aliphatic carbocycles. The molecule has 0 aliphatic heterocycles. The van der Waals surface area contributed by atoms with Gasteiger partial charge in [-0.3, -0.25) is 0 Å².